The van der Waals surface area contributed by atoms with Crippen LogP contribution in [0.3, 0.4) is 0 Å². The zero-order chi connectivity index (χ0) is 9.30. The van der Waals surface area contributed by atoms with Crippen molar-refractivity contribution < 1.29 is 9.53 Å². The Morgan fingerprint density at radius 1 is 1.67 bits per heavy atom. The Kier molecular flexibility index (Phi) is 2.38. The van der Waals surface area contributed by atoms with E-state index in [4.69, 9.17) is 16.3 Å². The Morgan fingerprint density at radius 3 is 2.58 bits per heavy atom. The van der Waals surface area contributed by atoms with Gasteiger partial charge in [-0.15, -0.1) is 0 Å². The first-order chi connectivity index (χ1) is 5.52. The number of hydrogen-bond acceptors (Lipinski definition) is 3. The van der Waals surface area contributed by atoms with Gasteiger partial charge in [0.25, 0.3) is 0 Å². The molecule has 0 aromatic carbocycles. The number of aryl methyl sites for hydroxylation is 2. The van der Waals surface area contributed by atoms with Crippen LogP contribution in [0, 0.1) is 6.92 Å². The molecule has 1 heterocycles. The first-order valence-corrected chi connectivity index (χ1v) is 3.77. The van der Waals surface area contributed by atoms with Gasteiger partial charge in [0, 0.05) is 14.0 Å². The minimum absolute atomic E-state index is 0.336. The number of carbonyl (C=O) groups is 1. The van der Waals surface area contributed by atoms with Crippen LogP contribution in [0.1, 0.15) is 12.6 Å². The lowest BCUT2D eigenvalue weighted by Crippen LogP contribution is -2.02. The fourth-order valence-corrected chi connectivity index (χ4v) is 1.08. The number of esters is 1. The summed E-state index contributed by atoms with van der Waals surface area (Å²) in [4.78, 5) is 10.6. The molecule has 0 aliphatic carbocycles. The van der Waals surface area contributed by atoms with E-state index in [1.54, 1.807) is 14.0 Å². The van der Waals surface area contributed by atoms with Gasteiger partial charge in [-0.2, -0.15) is 5.10 Å². The van der Waals surface area contributed by atoms with Crippen molar-refractivity contribution in [2.75, 3.05) is 0 Å². The summed E-state index contributed by atoms with van der Waals surface area (Å²) < 4.78 is 6.30. The van der Waals surface area contributed by atoms with E-state index in [0.29, 0.717) is 16.6 Å². The highest BCUT2D eigenvalue weighted by atomic mass is 35.5. The van der Waals surface area contributed by atoms with E-state index in [9.17, 15) is 4.79 Å². The average molecular weight is 189 g/mol. The summed E-state index contributed by atoms with van der Waals surface area (Å²) in [6.07, 6.45) is 0. The fourth-order valence-electron chi connectivity index (χ4n) is 0.870. The van der Waals surface area contributed by atoms with Gasteiger partial charge in [0.2, 0.25) is 0 Å². The fraction of sp³-hybridized carbons (Fsp3) is 0.429. The molecule has 66 valence electrons. The molecule has 1 aromatic rings. The number of aromatic nitrogens is 2. The van der Waals surface area contributed by atoms with Crippen LogP contribution in [0.5, 0.6) is 5.75 Å². The van der Waals surface area contributed by atoms with Crippen LogP contribution in [-0.4, -0.2) is 15.7 Å². The Balaban J connectivity index is 3.05. The second-order valence-electron chi connectivity index (χ2n) is 2.42. The van der Waals surface area contributed by atoms with E-state index in [1.807, 2.05) is 0 Å². The third kappa shape index (κ3) is 1.58. The maximum Gasteiger partial charge on any atom is 0.308 e. The van der Waals surface area contributed by atoms with Crippen LogP contribution >= 0.6 is 11.6 Å². The average Bonchev–Trinajstić information content (AvgIpc) is 2.16. The summed E-state index contributed by atoms with van der Waals surface area (Å²) >= 11 is 5.78. The van der Waals surface area contributed by atoms with E-state index in [1.165, 1.54) is 11.6 Å². The number of halogens is 1. The van der Waals surface area contributed by atoms with E-state index in [2.05, 4.69) is 5.10 Å². The highest BCUT2D eigenvalue weighted by molar-refractivity contribution is 6.31. The highest BCUT2D eigenvalue weighted by Gasteiger charge is 2.13. The van der Waals surface area contributed by atoms with Gasteiger partial charge in [0.05, 0.1) is 0 Å². The van der Waals surface area contributed by atoms with E-state index < -0.39 is 5.97 Å². The molecule has 0 bridgehead atoms. The van der Waals surface area contributed by atoms with E-state index >= 15 is 0 Å². The smallest absolute Gasteiger partial charge is 0.308 e. The summed E-state index contributed by atoms with van der Waals surface area (Å²) in [5.74, 6) is -0.0559. The molecule has 0 fully saturated rings. The Labute approximate surface area is 75.1 Å². The molecule has 0 spiro atoms. The topological polar surface area (TPSA) is 44.1 Å². The van der Waals surface area contributed by atoms with Crippen LogP contribution in [0.15, 0.2) is 0 Å². The van der Waals surface area contributed by atoms with Crippen LogP contribution in [0.4, 0.5) is 0 Å². The zero-order valence-corrected chi connectivity index (χ0v) is 7.84. The molecule has 0 saturated heterocycles. The van der Waals surface area contributed by atoms with Crippen molar-refractivity contribution in [1.82, 2.24) is 9.78 Å². The second-order valence-corrected chi connectivity index (χ2v) is 2.78. The van der Waals surface area contributed by atoms with Gasteiger partial charge in [-0.25, -0.2) is 0 Å². The molecule has 0 amide bonds. The van der Waals surface area contributed by atoms with Gasteiger partial charge >= 0.3 is 5.97 Å². The van der Waals surface area contributed by atoms with Crippen molar-refractivity contribution in [3.05, 3.63) is 10.8 Å². The molecular formula is C7H9ClN2O2. The quantitative estimate of drug-likeness (QED) is 0.625. The largest absolute Gasteiger partial charge is 0.421 e. The van der Waals surface area contributed by atoms with Gasteiger partial charge < -0.3 is 4.74 Å². The lowest BCUT2D eigenvalue weighted by molar-refractivity contribution is -0.131. The standard InChI is InChI=1S/C7H9ClN2O2/c1-4-6(12-5(2)11)7(8)10(3)9-4/h1-3H3. The summed E-state index contributed by atoms with van der Waals surface area (Å²) in [6.45, 7) is 3.05. The van der Waals surface area contributed by atoms with Crippen molar-refractivity contribution in [2.45, 2.75) is 13.8 Å². The lowest BCUT2D eigenvalue weighted by Gasteiger charge is -1.98. The molecular weight excluding hydrogens is 180 g/mol. The van der Waals surface area contributed by atoms with Crippen molar-refractivity contribution >= 4 is 17.6 Å². The molecule has 0 unspecified atom stereocenters. The minimum atomic E-state index is -0.395. The molecule has 0 N–H and O–H groups in total. The maximum atomic E-state index is 10.6. The number of hydrogen-bond donors (Lipinski definition) is 0. The Hall–Kier alpha value is -1.03. The van der Waals surface area contributed by atoms with E-state index in [0.717, 1.165) is 0 Å². The molecule has 0 saturated carbocycles. The monoisotopic (exact) mass is 188 g/mol. The Morgan fingerprint density at radius 2 is 2.25 bits per heavy atom. The van der Waals surface area contributed by atoms with Gasteiger partial charge in [-0.3, -0.25) is 9.48 Å². The van der Waals surface area contributed by atoms with Crippen LogP contribution < -0.4 is 4.74 Å². The minimum Gasteiger partial charge on any atom is -0.421 e. The van der Waals surface area contributed by atoms with Crippen LogP contribution in [0.25, 0.3) is 0 Å². The third-order valence-corrected chi connectivity index (χ3v) is 1.76. The molecule has 1 rings (SSSR count). The van der Waals surface area contributed by atoms with Gasteiger partial charge in [-0.1, -0.05) is 11.6 Å². The summed E-state index contributed by atoms with van der Waals surface area (Å²) in [5, 5.41) is 4.31. The summed E-state index contributed by atoms with van der Waals surface area (Å²) in [7, 11) is 1.68. The predicted molar refractivity (Wildman–Crippen MR) is 44.3 cm³/mol. The van der Waals surface area contributed by atoms with Crippen molar-refractivity contribution in [3.8, 4) is 5.75 Å². The SMILES string of the molecule is CC(=O)Oc1c(C)nn(C)c1Cl. The molecule has 0 radical (unpaired) electrons. The number of ether oxygens (including phenoxy) is 1. The van der Waals surface area contributed by atoms with Crippen molar-refractivity contribution in [3.63, 3.8) is 0 Å². The molecule has 4 nitrogen and oxygen atoms in total. The maximum absolute atomic E-state index is 10.6. The molecule has 1 aromatic heterocycles. The Bertz CT molecular complexity index is 319. The first kappa shape index (κ1) is 9.06. The highest BCUT2D eigenvalue weighted by Crippen LogP contribution is 2.27. The number of carbonyl (C=O) groups excluding carboxylic acids is 1. The van der Waals surface area contributed by atoms with Crippen molar-refractivity contribution in [2.24, 2.45) is 7.05 Å². The predicted octanol–water partition coefficient (Wildman–Crippen LogP) is 1.31. The van der Waals surface area contributed by atoms with Gasteiger partial charge in [0.1, 0.15) is 5.69 Å². The molecule has 12 heavy (non-hydrogen) atoms. The van der Waals surface area contributed by atoms with Crippen molar-refractivity contribution in [1.29, 1.82) is 0 Å². The second kappa shape index (κ2) is 3.15. The number of nitrogens with zero attached hydrogens (tertiary/aromatic N) is 2. The summed E-state index contributed by atoms with van der Waals surface area (Å²) in [6, 6.07) is 0. The first-order valence-electron chi connectivity index (χ1n) is 3.40. The lowest BCUT2D eigenvalue weighted by atomic mass is 10.4. The zero-order valence-electron chi connectivity index (χ0n) is 7.09. The van der Waals surface area contributed by atoms with Crippen LogP contribution in [0.2, 0.25) is 5.15 Å². The van der Waals surface area contributed by atoms with Gasteiger partial charge in [0.15, 0.2) is 10.9 Å². The molecule has 0 aliphatic rings. The molecule has 5 heteroatoms. The number of rotatable bonds is 1. The summed E-state index contributed by atoms with van der Waals surface area (Å²) in [5.41, 5.74) is 0.609. The van der Waals surface area contributed by atoms with Crippen LogP contribution in [-0.2, 0) is 11.8 Å². The third-order valence-electron chi connectivity index (χ3n) is 1.35. The van der Waals surface area contributed by atoms with Gasteiger partial charge in [-0.05, 0) is 6.92 Å². The van der Waals surface area contributed by atoms with E-state index in [-0.39, 0.29) is 0 Å². The molecule has 0 atom stereocenters. The molecule has 0 aliphatic heterocycles. The normalized spacial score (nSPS) is 10.0.